The molecule has 0 fully saturated rings. The van der Waals surface area contributed by atoms with Crippen LogP contribution in [0.25, 0.3) is 0 Å². The Morgan fingerprint density at radius 2 is 1.50 bits per heavy atom. The molecule has 0 N–H and O–H groups in total. The lowest BCUT2D eigenvalue weighted by molar-refractivity contribution is 1.23. The predicted molar refractivity (Wildman–Crippen MR) is 123 cm³/mol. The summed E-state index contributed by atoms with van der Waals surface area (Å²) >= 11 is 24.5. The summed E-state index contributed by atoms with van der Waals surface area (Å²) in [6, 6.07) is 10.8. The van der Waals surface area contributed by atoms with E-state index in [9.17, 15) is 0 Å². The third-order valence-electron chi connectivity index (χ3n) is 3.65. The minimum absolute atomic E-state index is 0.214. The summed E-state index contributed by atoms with van der Waals surface area (Å²) in [5.41, 5.74) is 3.42. The van der Waals surface area contributed by atoms with Gasteiger partial charge < -0.3 is 0 Å². The van der Waals surface area contributed by atoms with Crippen LogP contribution in [0.15, 0.2) is 81.4 Å². The van der Waals surface area contributed by atoms with Gasteiger partial charge in [-0.2, -0.15) is 0 Å². The van der Waals surface area contributed by atoms with E-state index in [-0.39, 0.29) is 5.03 Å². The highest BCUT2D eigenvalue weighted by molar-refractivity contribution is 6.39. The Kier molecular flexibility index (Phi) is 8.02. The Hall–Kier alpha value is -1.91. The van der Waals surface area contributed by atoms with E-state index in [1.54, 1.807) is 25.1 Å². The van der Waals surface area contributed by atoms with Crippen LogP contribution in [0.5, 0.6) is 0 Å². The molecule has 7 heteroatoms. The third kappa shape index (κ3) is 5.55. The van der Waals surface area contributed by atoms with Crippen LogP contribution in [-0.2, 0) is 0 Å². The van der Waals surface area contributed by atoms with Gasteiger partial charge in [0.15, 0.2) is 0 Å². The highest BCUT2D eigenvalue weighted by Crippen LogP contribution is 2.33. The molecule has 144 valence electrons. The second-order valence-corrected chi connectivity index (χ2v) is 7.36. The van der Waals surface area contributed by atoms with Crippen LogP contribution in [0.3, 0.4) is 0 Å². The van der Waals surface area contributed by atoms with Gasteiger partial charge in [0.2, 0.25) is 0 Å². The van der Waals surface area contributed by atoms with Gasteiger partial charge in [-0.15, -0.1) is 0 Å². The molecule has 0 saturated heterocycles. The zero-order chi connectivity index (χ0) is 20.8. The molecule has 2 rings (SSSR count). The SMILES string of the molecule is C=C/C(Cl)=C(/N=C(C)c1cccc(C(C)=Nc2c(Cl)cccc2Cl)n1)C(=C)Cl. The minimum atomic E-state index is 0.214. The van der Waals surface area contributed by atoms with Crippen molar-refractivity contribution in [1.82, 2.24) is 4.98 Å². The summed E-state index contributed by atoms with van der Waals surface area (Å²) in [4.78, 5) is 13.6. The highest BCUT2D eigenvalue weighted by Gasteiger charge is 2.10. The summed E-state index contributed by atoms with van der Waals surface area (Å²) in [5.74, 6) is 0. The third-order valence-corrected chi connectivity index (χ3v) is 4.77. The molecule has 0 atom stereocenters. The van der Waals surface area contributed by atoms with Crippen molar-refractivity contribution in [2.75, 3.05) is 0 Å². The fraction of sp³-hybridized carbons (Fsp3) is 0.0952. The number of hydrogen-bond acceptors (Lipinski definition) is 3. The zero-order valence-corrected chi connectivity index (χ0v) is 18.3. The van der Waals surface area contributed by atoms with Crippen molar-refractivity contribution in [3.63, 3.8) is 0 Å². The molecular weight excluding hydrogens is 436 g/mol. The molecule has 0 unspecified atom stereocenters. The van der Waals surface area contributed by atoms with Crippen LogP contribution in [0, 0.1) is 0 Å². The maximum absolute atomic E-state index is 6.20. The summed E-state index contributed by atoms with van der Waals surface area (Å²) < 4.78 is 0. The first kappa shape index (κ1) is 22.4. The Balaban J connectivity index is 2.46. The summed E-state index contributed by atoms with van der Waals surface area (Å²) in [7, 11) is 0. The molecule has 0 aliphatic rings. The molecule has 0 spiro atoms. The number of nitrogens with zero attached hydrogens (tertiary/aromatic N) is 3. The lowest BCUT2D eigenvalue weighted by Crippen LogP contribution is -2.05. The monoisotopic (exact) mass is 451 g/mol. The van der Waals surface area contributed by atoms with Crippen molar-refractivity contribution in [3.05, 3.63) is 92.8 Å². The number of halogens is 4. The second-order valence-electron chi connectivity index (χ2n) is 5.68. The summed E-state index contributed by atoms with van der Waals surface area (Å²) in [6.45, 7) is 10.9. The Morgan fingerprint density at radius 1 is 0.964 bits per heavy atom. The van der Waals surface area contributed by atoms with Crippen LogP contribution in [0.2, 0.25) is 10.0 Å². The van der Waals surface area contributed by atoms with Gasteiger partial charge in [-0.25, -0.2) is 15.0 Å². The molecule has 1 aromatic carbocycles. The van der Waals surface area contributed by atoms with E-state index in [1.165, 1.54) is 6.08 Å². The van der Waals surface area contributed by atoms with E-state index in [0.717, 1.165) is 0 Å². The first-order valence-electron chi connectivity index (χ1n) is 8.14. The fourth-order valence-electron chi connectivity index (χ4n) is 2.22. The molecular formula is C21H17Cl4N3. The Morgan fingerprint density at radius 3 is 2.04 bits per heavy atom. The second kappa shape index (κ2) is 10.0. The number of aliphatic imine (C=N–C) groups is 2. The van der Waals surface area contributed by atoms with Crippen molar-refractivity contribution < 1.29 is 0 Å². The van der Waals surface area contributed by atoms with Gasteiger partial charge in [0, 0.05) is 0 Å². The smallest absolute Gasteiger partial charge is 0.101 e. The quantitative estimate of drug-likeness (QED) is 0.326. The molecule has 0 radical (unpaired) electrons. The average Bonchev–Trinajstić information content (AvgIpc) is 2.68. The van der Waals surface area contributed by atoms with Gasteiger partial charge in [0.05, 0.1) is 48.6 Å². The van der Waals surface area contributed by atoms with Crippen LogP contribution in [0.1, 0.15) is 25.2 Å². The number of hydrogen-bond donors (Lipinski definition) is 0. The zero-order valence-electron chi connectivity index (χ0n) is 15.3. The van der Waals surface area contributed by atoms with Crippen LogP contribution in [-0.4, -0.2) is 16.4 Å². The number of allylic oxidation sites excluding steroid dienone is 3. The van der Waals surface area contributed by atoms with E-state index in [1.807, 2.05) is 25.1 Å². The van der Waals surface area contributed by atoms with Crippen LogP contribution >= 0.6 is 46.4 Å². The average molecular weight is 453 g/mol. The molecule has 0 aliphatic heterocycles. The molecule has 2 aromatic rings. The molecule has 1 aromatic heterocycles. The van der Waals surface area contributed by atoms with Crippen LogP contribution in [0.4, 0.5) is 5.69 Å². The molecule has 1 heterocycles. The first-order valence-corrected chi connectivity index (χ1v) is 9.65. The van der Waals surface area contributed by atoms with Gasteiger partial charge >= 0.3 is 0 Å². The summed E-state index contributed by atoms with van der Waals surface area (Å²) in [5, 5.41) is 1.46. The van der Waals surface area contributed by atoms with Gasteiger partial charge in [0.25, 0.3) is 0 Å². The molecule has 3 nitrogen and oxygen atoms in total. The Bertz CT molecular complexity index is 1000. The maximum Gasteiger partial charge on any atom is 0.101 e. The highest BCUT2D eigenvalue weighted by atomic mass is 35.5. The van der Waals surface area contributed by atoms with Gasteiger partial charge in [0.1, 0.15) is 5.69 Å². The number of rotatable bonds is 6. The lowest BCUT2D eigenvalue weighted by atomic mass is 10.2. The predicted octanol–water partition coefficient (Wildman–Crippen LogP) is 7.73. The molecule has 28 heavy (non-hydrogen) atoms. The standard InChI is InChI=1S/C21H17Cl4N3/c1-5-15(23)20(12(2)22)26-13(3)18-10-7-11-19(28-18)14(4)27-21-16(24)8-6-9-17(21)25/h5-11H,1-2H2,3-4H3/b20-15-,26-13?,27-14?. The van der Waals surface area contributed by atoms with Gasteiger partial charge in [-0.05, 0) is 44.2 Å². The Labute approximate surface area is 184 Å². The van der Waals surface area contributed by atoms with Crippen LogP contribution < -0.4 is 0 Å². The topological polar surface area (TPSA) is 37.6 Å². The normalized spacial score (nSPS) is 13.2. The van der Waals surface area contributed by atoms with E-state index < -0.39 is 0 Å². The van der Waals surface area contributed by atoms with Gasteiger partial charge in [-0.1, -0.05) is 71.7 Å². The van der Waals surface area contributed by atoms with Crippen molar-refractivity contribution in [2.45, 2.75) is 13.8 Å². The molecule has 0 aliphatic carbocycles. The van der Waals surface area contributed by atoms with E-state index in [2.05, 4.69) is 28.1 Å². The number of benzene rings is 1. The van der Waals surface area contributed by atoms with Gasteiger partial charge in [-0.3, -0.25) is 0 Å². The largest absolute Gasteiger partial charge is 0.248 e. The number of para-hydroxylation sites is 1. The first-order chi connectivity index (χ1) is 13.2. The van der Waals surface area contributed by atoms with Crippen molar-refractivity contribution in [1.29, 1.82) is 0 Å². The van der Waals surface area contributed by atoms with E-state index in [4.69, 9.17) is 46.4 Å². The fourth-order valence-corrected chi connectivity index (χ4v) is 3.05. The summed E-state index contributed by atoms with van der Waals surface area (Å²) in [6.07, 6.45) is 1.45. The van der Waals surface area contributed by atoms with E-state index >= 15 is 0 Å². The number of aromatic nitrogens is 1. The lowest BCUT2D eigenvalue weighted by Gasteiger charge is -2.07. The van der Waals surface area contributed by atoms with Crippen molar-refractivity contribution >= 4 is 63.5 Å². The maximum atomic E-state index is 6.20. The molecule has 0 amide bonds. The molecule has 0 saturated carbocycles. The van der Waals surface area contributed by atoms with Crippen molar-refractivity contribution in [3.8, 4) is 0 Å². The number of pyridine rings is 1. The molecule has 0 bridgehead atoms. The van der Waals surface area contributed by atoms with Crippen molar-refractivity contribution in [2.24, 2.45) is 9.98 Å². The minimum Gasteiger partial charge on any atom is -0.248 e. The van der Waals surface area contributed by atoms with E-state index in [0.29, 0.717) is 49.3 Å².